The monoisotopic (exact) mass is 468 g/mol. The van der Waals surface area contributed by atoms with Crippen LogP contribution in [-0.4, -0.2) is 28.1 Å². The van der Waals surface area contributed by atoms with Crippen LogP contribution in [0, 0.1) is 19.7 Å². The number of benzene rings is 3. The second-order valence-electron chi connectivity index (χ2n) is 8.68. The van der Waals surface area contributed by atoms with E-state index in [0.717, 1.165) is 34.7 Å². The molecule has 0 aliphatic carbocycles. The topological polar surface area (TPSA) is 67.2 Å². The third-order valence-electron chi connectivity index (χ3n) is 6.40. The van der Waals surface area contributed by atoms with Gasteiger partial charge >= 0.3 is 0 Å². The normalized spacial score (nSPS) is 12.5. The van der Waals surface area contributed by atoms with Crippen molar-refractivity contribution in [1.82, 2.24) is 9.78 Å². The van der Waals surface area contributed by atoms with Crippen LogP contribution in [0.3, 0.4) is 0 Å². The maximum Gasteiger partial charge on any atom is 0.258 e. The van der Waals surface area contributed by atoms with E-state index in [-0.39, 0.29) is 24.1 Å². The van der Waals surface area contributed by atoms with Crippen LogP contribution in [0.25, 0.3) is 5.69 Å². The Morgan fingerprint density at radius 1 is 0.971 bits per heavy atom. The van der Waals surface area contributed by atoms with Crippen LogP contribution in [0.2, 0.25) is 0 Å². The highest BCUT2D eigenvalue weighted by molar-refractivity contribution is 6.07. The summed E-state index contributed by atoms with van der Waals surface area (Å²) < 4.78 is 15.0. The molecule has 0 spiro atoms. The Bertz CT molecular complexity index is 1410. The Balaban J connectivity index is 1.26. The minimum absolute atomic E-state index is 0.0488. The molecule has 4 aromatic rings. The number of aromatic nitrogens is 2. The van der Waals surface area contributed by atoms with E-state index in [1.165, 1.54) is 17.7 Å². The SMILES string of the molecule is Cc1nn(-c2ccc(F)cc2)c(C)c1CC(=O)Nc1ccc(C(=O)N2CCc3ccccc32)cc1. The summed E-state index contributed by atoms with van der Waals surface area (Å²) >= 11 is 0. The van der Waals surface area contributed by atoms with Crippen molar-refractivity contribution in [2.24, 2.45) is 0 Å². The van der Waals surface area contributed by atoms with Crippen LogP contribution >= 0.6 is 0 Å². The zero-order valence-corrected chi connectivity index (χ0v) is 19.6. The van der Waals surface area contributed by atoms with Gasteiger partial charge in [-0.3, -0.25) is 9.59 Å². The van der Waals surface area contributed by atoms with Crippen molar-refractivity contribution in [3.05, 3.63) is 107 Å². The van der Waals surface area contributed by atoms with Crippen LogP contribution in [-0.2, 0) is 17.6 Å². The first-order valence-electron chi connectivity index (χ1n) is 11.5. The lowest BCUT2D eigenvalue weighted by molar-refractivity contribution is -0.115. The van der Waals surface area contributed by atoms with Gasteiger partial charge in [-0.05, 0) is 80.4 Å². The van der Waals surface area contributed by atoms with Gasteiger partial charge in [-0.15, -0.1) is 0 Å². The first kappa shape index (κ1) is 22.5. The average Bonchev–Trinajstić information content (AvgIpc) is 3.41. The molecule has 0 saturated carbocycles. The second-order valence-corrected chi connectivity index (χ2v) is 8.68. The van der Waals surface area contributed by atoms with Crippen molar-refractivity contribution in [3.63, 3.8) is 0 Å². The number of fused-ring (bicyclic) bond motifs is 1. The first-order valence-corrected chi connectivity index (χ1v) is 11.5. The average molecular weight is 469 g/mol. The van der Waals surface area contributed by atoms with Crippen molar-refractivity contribution in [1.29, 1.82) is 0 Å². The molecule has 1 aliphatic rings. The zero-order chi connectivity index (χ0) is 24.5. The fraction of sp³-hybridized carbons (Fsp3) is 0.179. The smallest absolute Gasteiger partial charge is 0.258 e. The molecule has 0 unspecified atom stereocenters. The summed E-state index contributed by atoms with van der Waals surface area (Å²) in [7, 11) is 0. The molecule has 0 fully saturated rings. The summed E-state index contributed by atoms with van der Waals surface area (Å²) in [4.78, 5) is 27.6. The fourth-order valence-corrected chi connectivity index (χ4v) is 4.53. The van der Waals surface area contributed by atoms with Gasteiger partial charge in [0.25, 0.3) is 5.91 Å². The van der Waals surface area contributed by atoms with Gasteiger partial charge in [-0.2, -0.15) is 5.10 Å². The molecule has 1 aliphatic heterocycles. The van der Waals surface area contributed by atoms with E-state index in [9.17, 15) is 14.0 Å². The quantitative estimate of drug-likeness (QED) is 0.448. The number of nitrogens with zero attached hydrogens (tertiary/aromatic N) is 3. The van der Waals surface area contributed by atoms with Crippen LogP contribution in [0.1, 0.15) is 32.9 Å². The number of rotatable bonds is 5. The molecular weight excluding hydrogens is 443 g/mol. The molecule has 35 heavy (non-hydrogen) atoms. The third-order valence-corrected chi connectivity index (χ3v) is 6.40. The van der Waals surface area contributed by atoms with Crippen molar-refractivity contribution >= 4 is 23.2 Å². The van der Waals surface area contributed by atoms with E-state index in [2.05, 4.69) is 10.4 Å². The van der Waals surface area contributed by atoms with E-state index in [1.807, 2.05) is 38.1 Å². The Hall–Kier alpha value is -4.26. The molecule has 1 N–H and O–H groups in total. The van der Waals surface area contributed by atoms with Crippen molar-refractivity contribution in [2.75, 3.05) is 16.8 Å². The summed E-state index contributed by atoms with van der Waals surface area (Å²) in [5, 5.41) is 7.43. The molecule has 3 aromatic carbocycles. The summed E-state index contributed by atoms with van der Waals surface area (Å²) in [6, 6.07) is 21.0. The summed E-state index contributed by atoms with van der Waals surface area (Å²) in [5.41, 5.74) is 6.47. The minimum atomic E-state index is -0.312. The summed E-state index contributed by atoms with van der Waals surface area (Å²) in [6.07, 6.45) is 1.01. The summed E-state index contributed by atoms with van der Waals surface area (Å²) in [5.74, 6) is -0.539. The van der Waals surface area contributed by atoms with Gasteiger partial charge in [0.2, 0.25) is 5.91 Å². The molecule has 1 aromatic heterocycles. The number of halogens is 1. The predicted molar refractivity (Wildman–Crippen MR) is 134 cm³/mol. The van der Waals surface area contributed by atoms with E-state index in [1.54, 1.807) is 46.0 Å². The standard InChI is InChI=1S/C28H25FN4O2/c1-18-25(19(2)33(31-18)24-13-9-22(29)10-14-24)17-27(34)30-23-11-7-21(8-12-23)28(35)32-16-15-20-5-3-4-6-26(20)32/h3-14H,15-17H2,1-2H3,(H,30,34). The van der Waals surface area contributed by atoms with Gasteiger partial charge in [-0.1, -0.05) is 18.2 Å². The highest BCUT2D eigenvalue weighted by Crippen LogP contribution is 2.29. The number of nitrogens with one attached hydrogen (secondary N) is 1. The number of hydrogen-bond donors (Lipinski definition) is 1. The largest absolute Gasteiger partial charge is 0.326 e. The molecule has 176 valence electrons. The number of para-hydroxylation sites is 1. The highest BCUT2D eigenvalue weighted by Gasteiger charge is 2.25. The van der Waals surface area contributed by atoms with Crippen molar-refractivity contribution < 1.29 is 14.0 Å². The Kier molecular flexibility index (Phi) is 5.91. The fourth-order valence-electron chi connectivity index (χ4n) is 4.53. The number of amides is 2. The molecule has 2 amide bonds. The number of carbonyl (C=O) groups is 2. The number of anilines is 2. The molecule has 7 heteroatoms. The predicted octanol–water partition coefficient (Wildman–Crippen LogP) is 5.01. The lowest BCUT2D eigenvalue weighted by Crippen LogP contribution is -2.28. The van der Waals surface area contributed by atoms with Gasteiger partial charge in [0.05, 0.1) is 17.8 Å². The molecule has 6 nitrogen and oxygen atoms in total. The lowest BCUT2D eigenvalue weighted by Gasteiger charge is -2.17. The van der Waals surface area contributed by atoms with Crippen molar-refractivity contribution in [3.8, 4) is 5.69 Å². The van der Waals surface area contributed by atoms with Crippen LogP contribution < -0.4 is 10.2 Å². The second kappa shape index (κ2) is 9.18. The van der Waals surface area contributed by atoms with Gasteiger partial charge < -0.3 is 10.2 Å². The molecule has 0 saturated heterocycles. The zero-order valence-electron chi connectivity index (χ0n) is 19.6. The molecule has 0 radical (unpaired) electrons. The maximum absolute atomic E-state index is 13.3. The van der Waals surface area contributed by atoms with Gasteiger partial charge in [-0.25, -0.2) is 9.07 Å². The van der Waals surface area contributed by atoms with Crippen LogP contribution in [0.5, 0.6) is 0 Å². The minimum Gasteiger partial charge on any atom is -0.326 e. The molecular formula is C28H25FN4O2. The van der Waals surface area contributed by atoms with E-state index >= 15 is 0 Å². The van der Waals surface area contributed by atoms with E-state index < -0.39 is 0 Å². The van der Waals surface area contributed by atoms with E-state index in [4.69, 9.17) is 0 Å². The Morgan fingerprint density at radius 3 is 2.43 bits per heavy atom. The molecule has 0 bridgehead atoms. The van der Waals surface area contributed by atoms with Crippen LogP contribution in [0.15, 0.2) is 72.8 Å². The number of hydrogen-bond acceptors (Lipinski definition) is 3. The van der Waals surface area contributed by atoms with Crippen molar-refractivity contribution in [2.45, 2.75) is 26.7 Å². The Morgan fingerprint density at radius 2 is 1.69 bits per heavy atom. The van der Waals surface area contributed by atoms with Gasteiger partial charge in [0.1, 0.15) is 5.82 Å². The number of carbonyl (C=O) groups excluding carboxylic acids is 2. The maximum atomic E-state index is 13.3. The molecule has 0 atom stereocenters. The lowest BCUT2D eigenvalue weighted by atomic mass is 10.1. The third kappa shape index (κ3) is 4.45. The number of aryl methyl sites for hydroxylation is 1. The Labute approximate surface area is 203 Å². The highest BCUT2D eigenvalue weighted by atomic mass is 19.1. The molecule has 5 rings (SSSR count). The van der Waals surface area contributed by atoms with Crippen LogP contribution in [0.4, 0.5) is 15.8 Å². The summed E-state index contributed by atoms with van der Waals surface area (Å²) in [6.45, 7) is 4.41. The first-order chi connectivity index (χ1) is 16.9. The van der Waals surface area contributed by atoms with E-state index in [0.29, 0.717) is 17.8 Å². The molecule has 2 heterocycles. The van der Waals surface area contributed by atoms with Gasteiger partial charge in [0.15, 0.2) is 0 Å². The van der Waals surface area contributed by atoms with Gasteiger partial charge in [0, 0.05) is 34.7 Å².